The highest BCUT2D eigenvalue weighted by Crippen LogP contribution is 2.34. The average molecular weight is 220 g/mol. The molecule has 1 aliphatic heterocycles. The summed E-state index contributed by atoms with van der Waals surface area (Å²) in [6, 6.07) is 0. The Morgan fingerprint density at radius 3 is 2.93 bits per heavy atom. The fourth-order valence-corrected chi connectivity index (χ4v) is 1.98. The van der Waals surface area contributed by atoms with Crippen molar-refractivity contribution in [3.05, 3.63) is 0 Å². The van der Waals surface area contributed by atoms with Gasteiger partial charge in [0.1, 0.15) is 5.00 Å². The molecular formula is C9H14ClNO3. The first kappa shape index (κ1) is 11.6. The number of aliphatic hydroxyl groups excluding tert-OH is 1. The van der Waals surface area contributed by atoms with Gasteiger partial charge in [-0.1, -0.05) is 11.6 Å². The van der Waals surface area contributed by atoms with Gasteiger partial charge < -0.3 is 5.11 Å². The summed E-state index contributed by atoms with van der Waals surface area (Å²) in [6.07, 6.45) is 1.30. The predicted molar refractivity (Wildman–Crippen MR) is 52.1 cm³/mol. The lowest BCUT2D eigenvalue weighted by Gasteiger charge is -2.41. The minimum atomic E-state index is -0.887. The zero-order chi connectivity index (χ0) is 10.8. The van der Waals surface area contributed by atoms with E-state index in [0.29, 0.717) is 25.7 Å². The summed E-state index contributed by atoms with van der Waals surface area (Å²) in [7, 11) is 1.80. The molecule has 0 bridgehead atoms. The van der Waals surface area contributed by atoms with E-state index in [2.05, 4.69) is 0 Å². The average Bonchev–Trinajstić information content (AvgIpc) is 2.21. The van der Waals surface area contributed by atoms with Crippen LogP contribution in [0.15, 0.2) is 0 Å². The number of hydrogen-bond acceptors (Lipinski definition) is 4. The second-order valence-corrected chi connectivity index (χ2v) is 4.41. The smallest absolute Gasteiger partial charge is 0.198 e. The van der Waals surface area contributed by atoms with Gasteiger partial charge in [0.05, 0.1) is 6.61 Å². The predicted octanol–water partition coefficient (Wildman–Crippen LogP) is 0.0236. The third kappa shape index (κ3) is 2.13. The summed E-state index contributed by atoms with van der Waals surface area (Å²) in [5.74, 6) is -0.759. The van der Waals surface area contributed by atoms with Crippen LogP contribution >= 0.6 is 11.6 Å². The summed E-state index contributed by atoms with van der Waals surface area (Å²) in [5, 5.41) is 9.12. The quantitative estimate of drug-likeness (QED) is 0.315. The van der Waals surface area contributed by atoms with Gasteiger partial charge in [-0.2, -0.15) is 0 Å². The molecule has 0 aromatic heterocycles. The molecule has 1 rings (SSSR count). The number of aliphatic hydroxyl groups is 1. The number of hydrogen-bond donors (Lipinski definition) is 1. The van der Waals surface area contributed by atoms with Crippen molar-refractivity contribution in [3.63, 3.8) is 0 Å². The lowest BCUT2D eigenvalue weighted by atomic mass is 9.88. The molecule has 1 heterocycles. The Bertz CT molecular complexity index is 246. The van der Waals surface area contributed by atoms with Crippen molar-refractivity contribution in [2.24, 2.45) is 5.92 Å². The number of nitrogens with zero attached hydrogens (tertiary/aromatic N) is 1. The number of halogens is 1. The summed E-state index contributed by atoms with van der Waals surface area (Å²) in [6.45, 7) is 0.405. The number of carbonyl (C=O) groups excluding carboxylic acids is 2. The minimum Gasteiger partial charge on any atom is -0.393 e. The van der Waals surface area contributed by atoms with Gasteiger partial charge in [-0.15, -0.1) is 0 Å². The molecule has 80 valence electrons. The van der Waals surface area contributed by atoms with E-state index < -0.39 is 10.8 Å². The van der Waals surface area contributed by atoms with Gasteiger partial charge in [0, 0.05) is 12.5 Å². The molecule has 0 amide bonds. The Hall–Kier alpha value is -0.450. The van der Waals surface area contributed by atoms with E-state index in [4.69, 9.17) is 16.7 Å². The van der Waals surface area contributed by atoms with Crippen LogP contribution in [-0.2, 0) is 9.59 Å². The maximum Gasteiger partial charge on any atom is 0.198 e. The molecule has 1 saturated heterocycles. The Morgan fingerprint density at radius 1 is 1.79 bits per heavy atom. The molecule has 0 spiro atoms. The zero-order valence-electron chi connectivity index (χ0n) is 8.07. The van der Waals surface area contributed by atoms with Crippen molar-refractivity contribution in [1.82, 2.24) is 4.90 Å². The van der Waals surface area contributed by atoms with Gasteiger partial charge in [-0.25, -0.2) is 0 Å². The van der Waals surface area contributed by atoms with Crippen molar-refractivity contribution in [2.45, 2.75) is 17.8 Å². The van der Waals surface area contributed by atoms with Crippen LogP contribution in [0.2, 0.25) is 0 Å². The number of likely N-dealkylation sites (N-methyl/N-ethyl adjacent to an activating group) is 1. The third-order valence-electron chi connectivity index (χ3n) is 2.82. The number of rotatable bonds is 3. The standard InChI is InChI=1S/C9H14ClNO3/c1-11-3-2-7(8(14)5-12)4-9(11,10)6-13/h5,7,13H,2-4,6H2,1H3. The third-order valence-corrected chi connectivity index (χ3v) is 3.38. The summed E-state index contributed by atoms with van der Waals surface area (Å²) < 4.78 is 0. The first-order valence-corrected chi connectivity index (χ1v) is 4.91. The Morgan fingerprint density at radius 2 is 2.43 bits per heavy atom. The molecule has 14 heavy (non-hydrogen) atoms. The number of Topliss-reactive ketones (excluding diaryl/α,β-unsaturated/α-hetero) is 1. The van der Waals surface area contributed by atoms with E-state index >= 15 is 0 Å². The van der Waals surface area contributed by atoms with E-state index in [1.165, 1.54) is 0 Å². The molecule has 1 fully saturated rings. The van der Waals surface area contributed by atoms with E-state index in [1.54, 1.807) is 7.05 Å². The van der Waals surface area contributed by atoms with E-state index in [0.717, 1.165) is 0 Å². The first-order valence-electron chi connectivity index (χ1n) is 4.53. The lowest BCUT2D eigenvalue weighted by Crippen LogP contribution is -2.51. The van der Waals surface area contributed by atoms with Gasteiger partial charge in [0.15, 0.2) is 12.1 Å². The number of ketones is 1. The van der Waals surface area contributed by atoms with Gasteiger partial charge in [-0.05, 0) is 19.9 Å². The van der Waals surface area contributed by atoms with Crippen LogP contribution in [0.4, 0.5) is 0 Å². The highest BCUT2D eigenvalue weighted by Gasteiger charge is 2.40. The van der Waals surface area contributed by atoms with Gasteiger partial charge in [-0.3, -0.25) is 14.5 Å². The minimum absolute atomic E-state index is 0.215. The largest absolute Gasteiger partial charge is 0.393 e. The Balaban J connectivity index is 2.71. The number of likely N-dealkylation sites (tertiary alicyclic amines) is 1. The highest BCUT2D eigenvalue weighted by atomic mass is 35.5. The first-order chi connectivity index (χ1) is 6.53. The molecule has 0 saturated carbocycles. The molecule has 0 radical (unpaired) electrons. The van der Waals surface area contributed by atoms with E-state index in [-0.39, 0.29) is 12.5 Å². The van der Waals surface area contributed by atoms with Crippen LogP contribution in [0.5, 0.6) is 0 Å². The Labute approximate surface area is 87.8 Å². The van der Waals surface area contributed by atoms with Crippen molar-refractivity contribution >= 4 is 23.7 Å². The fourth-order valence-electron chi connectivity index (χ4n) is 1.71. The molecular weight excluding hydrogens is 206 g/mol. The Kier molecular flexibility index (Phi) is 3.64. The summed E-state index contributed by atoms with van der Waals surface area (Å²) in [4.78, 5) is 22.4. The van der Waals surface area contributed by atoms with Crippen molar-refractivity contribution in [3.8, 4) is 0 Å². The zero-order valence-corrected chi connectivity index (χ0v) is 8.83. The second kappa shape index (κ2) is 4.38. The topological polar surface area (TPSA) is 57.6 Å². The molecule has 0 aliphatic carbocycles. The van der Waals surface area contributed by atoms with Crippen LogP contribution in [0, 0.1) is 5.92 Å². The highest BCUT2D eigenvalue weighted by molar-refractivity contribution is 6.27. The van der Waals surface area contributed by atoms with Gasteiger partial charge in [0.2, 0.25) is 0 Å². The fraction of sp³-hybridized carbons (Fsp3) is 0.778. The van der Waals surface area contributed by atoms with Gasteiger partial charge in [0.25, 0.3) is 0 Å². The molecule has 1 N–H and O–H groups in total. The van der Waals surface area contributed by atoms with Crippen molar-refractivity contribution in [1.29, 1.82) is 0 Å². The molecule has 0 aromatic rings. The number of piperidine rings is 1. The van der Waals surface area contributed by atoms with Crippen LogP contribution in [0.25, 0.3) is 0 Å². The SMILES string of the molecule is CN1CCC(C(=O)C=O)CC1(Cl)CO. The molecule has 0 aromatic carbocycles. The number of alkyl halides is 1. The molecule has 2 atom stereocenters. The second-order valence-electron chi connectivity index (χ2n) is 3.71. The van der Waals surface area contributed by atoms with Crippen LogP contribution in [0.1, 0.15) is 12.8 Å². The molecule has 1 aliphatic rings. The van der Waals surface area contributed by atoms with Crippen molar-refractivity contribution < 1.29 is 14.7 Å². The van der Waals surface area contributed by atoms with Crippen LogP contribution in [0.3, 0.4) is 0 Å². The maximum absolute atomic E-state index is 11.2. The summed E-state index contributed by atoms with van der Waals surface area (Å²) in [5.41, 5.74) is 0. The number of aldehydes is 1. The monoisotopic (exact) mass is 219 g/mol. The number of carbonyl (C=O) groups is 2. The molecule has 4 nitrogen and oxygen atoms in total. The normalized spacial score (nSPS) is 34.1. The molecule has 5 heteroatoms. The van der Waals surface area contributed by atoms with Gasteiger partial charge >= 0.3 is 0 Å². The van der Waals surface area contributed by atoms with E-state index in [9.17, 15) is 9.59 Å². The summed E-state index contributed by atoms with van der Waals surface area (Å²) >= 11 is 6.11. The maximum atomic E-state index is 11.2. The van der Waals surface area contributed by atoms with Crippen molar-refractivity contribution in [2.75, 3.05) is 20.2 Å². The van der Waals surface area contributed by atoms with Crippen LogP contribution < -0.4 is 0 Å². The van der Waals surface area contributed by atoms with Crippen LogP contribution in [-0.4, -0.2) is 47.3 Å². The lowest BCUT2D eigenvalue weighted by molar-refractivity contribution is -0.134. The van der Waals surface area contributed by atoms with E-state index in [1.807, 2.05) is 4.90 Å². The molecule has 2 unspecified atom stereocenters.